The molecule has 0 aromatic rings. The number of rotatable bonds is 0. The molecule has 2 atom stereocenters. The topological polar surface area (TPSA) is 80.6 Å². The standard InChI is InChI=1S/C6H11O2.C2H4O2.Hg/c7-5-2-1-3-6(8)4-5;1-2(3)4;/h4-8H,1-3H2;1H3,(H,3,4);/q;;+1/p-1/t5-,6-;;/m0../s1. The van der Waals surface area contributed by atoms with Crippen molar-refractivity contribution in [1.82, 2.24) is 0 Å². The van der Waals surface area contributed by atoms with Gasteiger partial charge in [-0.15, -0.1) is 0 Å². The van der Waals surface area contributed by atoms with Gasteiger partial charge >= 0.3 is 27.7 Å². The van der Waals surface area contributed by atoms with Crippen LogP contribution in [0.25, 0.3) is 0 Å². The van der Waals surface area contributed by atoms with E-state index in [1.165, 1.54) is 0 Å². The number of carbonyl (C=O) groups is 1. The summed E-state index contributed by atoms with van der Waals surface area (Å²) in [5.41, 5.74) is 0. The molecule has 0 spiro atoms. The smallest absolute Gasteiger partial charge is 0.550 e. The summed E-state index contributed by atoms with van der Waals surface area (Å²) in [5.74, 6) is -1.08. The average Bonchev–Trinajstić information content (AvgIpc) is 1.84. The quantitative estimate of drug-likeness (QED) is 0.525. The summed E-state index contributed by atoms with van der Waals surface area (Å²) in [6.45, 7) is 0.972. The van der Waals surface area contributed by atoms with Crippen molar-refractivity contribution in [2.45, 2.75) is 38.4 Å². The van der Waals surface area contributed by atoms with Crippen molar-refractivity contribution in [3.8, 4) is 0 Å². The molecule has 2 radical (unpaired) electrons. The van der Waals surface area contributed by atoms with Crippen LogP contribution in [0, 0.1) is 6.42 Å². The van der Waals surface area contributed by atoms with Crippen molar-refractivity contribution in [2.24, 2.45) is 0 Å². The Morgan fingerprint density at radius 1 is 1.38 bits per heavy atom. The van der Waals surface area contributed by atoms with Crippen LogP contribution in [0.2, 0.25) is 0 Å². The maximum absolute atomic E-state index is 8.89. The van der Waals surface area contributed by atoms with Crippen molar-refractivity contribution in [3.05, 3.63) is 6.42 Å². The largest absolute Gasteiger partial charge is 1.00 e. The summed E-state index contributed by atoms with van der Waals surface area (Å²) in [6.07, 6.45) is 3.44. The molecule has 1 rings (SSSR count). The Bertz CT molecular complexity index is 128. The van der Waals surface area contributed by atoms with Crippen LogP contribution in [0.3, 0.4) is 0 Å². The molecule has 1 aliphatic carbocycles. The summed E-state index contributed by atoms with van der Waals surface area (Å²) in [7, 11) is 0. The van der Waals surface area contributed by atoms with E-state index < -0.39 is 5.97 Å². The molecule has 0 saturated heterocycles. The van der Waals surface area contributed by atoms with Crippen LogP contribution >= 0.6 is 0 Å². The van der Waals surface area contributed by atoms with E-state index in [9.17, 15) is 0 Å². The Kier molecular flexibility index (Phi) is 10.8. The summed E-state index contributed by atoms with van der Waals surface area (Å²) in [4.78, 5) is 8.89. The molecule has 1 aliphatic rings. The molecule has 0 aromatic carbocycles. The molecule has 72 valence electrons. The van der Waals surface area contributed by atoms with E-state index in [0.717, 1.165) is 26.2 Å². The van der Waals surface area contributed by atoms with E-state index in [1.807, 2.05) is 0 Å². The molecule has 0 unspecified atom stereocenters. The van der Waals surface area contributed by atoms with Crippen molar-refractivity contribution in [2.75, 3.05) is 0 Å². The predicted octanol–water partition coefficient (Wildman–Crippen LogP) is -1.15. The Labute approximate surface area is 98.5 Å². The molecule has 2 N–H and O–H groups in total. The van der Waals surface area contributed by atoms with Crippen LogP contribution in [0.4, 0.5) is 0 Å². The molecule has 0 heterocycles. The Balaban J connectivity index is 0. The third kappa shape index (κ3) is 12.3. The second-order valence-electron chi connectivity index (χ2n) is 2.75. The van der Waals surface area contributed by atoms with Crippen molar-refractivity contribution in [1.29, 1.82) is 0 Å². The fraction of sp³-hybridized carbons (Fsp3) is 0.750. The van der Waals surface area contributed by atoms with Gasteiger partial charge in [-0.05, 0) is 26.2 Å². The molecule has 5 heteroatoms. The number of carboxylic acid groups (broad SMARTS) is 1. The Hall–Kier alpha value is 0.325. The fourth-order valence-corrected chi connectivity index (χ4v) is 0.985. The first-order valence-electron chi connectivity index (χ1n) is 3.91. The molecule has 1 fully saturated rings. The molecule has 0 aliphatic heterocycles. The van der Waals surface area contributed by atoms with Gasteiger partial charge < -0.3 is 20.1 Å². The first kappa shape index (κ1) is 15.8. The van der Waals surface area contributed by atoms with E-state index in [-0.39, 0.29) is 39.9 Å². The molecule has 13 heavy (non-hydrogen) atoms. The van der Waals surface area contributed by atoms with E-state index in [4.69, 9.17) is 20.1 Å². The summed E-state index contributed by atoms with van der Waals surface area (Å²) >= 11 is 0. The molecular weight excluding hydrogens is 361 g/mol. The second kappa shape index (κ2) is 8.90. The number of aliphatic hydroxyl groups is 2. The number of carbonyl (C=O) groups excluding carboxylic acids is 1. The SMILES string of the molecule is CC(=O)[O-].O[C@@H]1[CH][C@@H](O)CCC1.[Hg+]. The van der Waals surface area contributed by atoms with Crippen LogP contribution in [-0.2, 0) is 32.5 Å². The van der Waals surface area contributed by atoms with Crippen molar-refractivity contribution < 1.29 is 47.8 Å². The first-order valence-corrected chi connectivity index (χ1v) is 3.91. The number of hydrogen-bond acceptors (Lipinski definition) is 4. The number of aliphatic hydroxyl groups excluding tert-OH is 2. The number of carboxylic acids is 1. The van der Waals surface area contributed by atoms with E-state index in [2.05, 4.69) is 0 Å². The van der Waals surface area contributed by atoms with E-state index in [0.29, 0.717) is 0 Å². The van der Waals surface area contributed by atoms with E-state index >= 15 is 0 Å². The van der Waals surface area contributed by atoms with Gasteiger partial charge in [-0.2, -0.15) is 0 Å². The van der Waals surface area contributed by atoms with Gasteiger partial charge in [0.05, 0.1) is 12.2 Å². The number of hydrogen-bond donors (Lipinski definition) is 2. The maximum Gasteiger partial charge on any atom is 1.00 e. The maximum atomic E-state index is 8.89. The minimum Gasteiger partial charge on any atom is -0.550 e. The predicted molar refractivity (Wildman–Crippen MR) is 40.8 cm³/mol. The summed E-state index contributed by atoms with van der Waals surface area (Å²) in [5, 5.41) is 26.6. The molecular formula is C8H14HgO4. The minimum atomic E-state index is -1.08. The zero-order valence-corrected chi connectivity index (χ0v) is 13.3. The zero-order chi connectivity index (χ0) is 9.56. The van der Waals surface area contributed by atoms with E-state index in [1.54, 1.807) is 6.42 Å². The molecule has 0 amide bonds. The van der Waals surface area contributed by atoms with Gasteiger partial charge in [0.25, 0.3) is 0 Å². The second-order valence-corrected chi connectivity index (χ2v) is 2.75. The monoisotopic (exact) mass is 376 g/mol. The van der Waals surface area contributed by atoms with Gasteiger partial charge in [-0.25, -0.2) is 0 Å². The molecule has 4 nitrogen and oxygen atoms in total. The van der Waals surface area contributed by atoms with Gasteiger partial charge in [-0.3, -0.25) is 0 Å². The van der Waals surface area contributed by atoms with Gasteiger partial charge in [0.2, 0.25) is 0 Å². The molecule has 0 aromatic heterocycles. The fourth-order valence-electron chi connectivity index (χ4n) is 0.985. The Morgan fingerprint density at radius 3 is 1.85 bits per heavy atom. The molecule has 1 saturated carbocycles. The van der Waals surface area contributed by atoms with Gasteiger partial charge in [0.15, 0.2) is 0 Å². The summed E-state index contributed by atoms with van der Waals surface area (Å²) in [6, 6.07) is 0. The van der Waals surface area contributed by atoms with Crippen LogP contribution in [0.5, 0.6) is 0 Å². The minimum absolute atomic E-state index is 0. The zero-order valence-electron chi connectivity index (χ0n) is 7.77. The molecule has 0 bridgehead atoms. The van der Waals surface area contributed by atoms with Gasteiger partial charge in [0, 0.05) is 12.4 Å². The van der Waals surface area contributed by atoms with Gasteiger partial charge in [-0.1, -0.05) is 0 Å². The van der Waals surface area contributed by atoms with Crippen LogP contribution in [0.1, 0.15) is 26.2 Å². The Morgan fingerprint density at radius 2 is 1.69 bits per heavy atom. The van der Waals surface area contributed by atoms with Crippen LogP contribution in [-0.4, -0.2) is 28.4 Å². The number of aliphatic carboxylic acids is 1. The third-order valence-corrected chi connectivity index (χ3v) is 1.44. The van der Waals surface area contributed by atoms with Crippen molar-refractivity contribution in [3.63, 3.8) is 0 Å². The van der Waals surface area contributed by atoms with Crippen molar-refractivity contribution >= 4 is 5.97 Å². The third-order valence-electron chi connectivity index (χ3n) is 1.44. The van der Waals surface area contributed by atoms with Crippen LogP contribution in [0.15, 0.2) is 0 Å². The summed E-state index contributed by atoms with van der Waals surface area (Å²) < 4.78 is 0. The first-order chi connectivity index (χ1) is 5.52. The average molecular weight is 375 g/mol. The van der Waals surface area contributed by atoms with Crippen LogP contribution < -0.4 is 5.11 Å². The normalized spacial score (nSPS) is 26.4. The van der Waals surface area contributed by atoms with Gasteiger partial charge in [0.1, 0.15) is 0 Å².